The van der Waals surface area contributed by atoms with Crippen LogP contribution in [-0.2, 0) is 0 Å². The van der Waals surface area contributed by atoms with Crippen LogP contribution in [0.5, 0.6) is 0 Å². The van der Waals surface area contributed by atoms with Gasteiger partial charge in [-0.1, -0.05) is 149 Å². The predicted molar refractivity (Wildman–Crippen MR) is 148 cm³/mol. The van der Waals surface area contributed by atoms with Crippen molar-refractivity contribution in [3.63, 3.8) is 0 Å². The number of hydrogen-bond donors (Lipinski definition) is 0. The molecule has 0 radical (unpaired) electrons. The van der Waals surface area contributed by atoms with Crippen LogP contribution in [-0.4, -0.2) is 0 Å². The van der Waals surface area contributed by atoms with E-state index in [2.05, 4.69) is 13.8 Å². The Kier molecular flexibility index (Phi) is 13.3. The molecule has 3 saturated carbocycles. The largest absolute Gasteiger partial charge is 0.0654 e. The average Bonchev–Trinajstić information content (AvgIpc) is 2.86. The molecule has 0 N–H and O–H groups in total. The first-order valence-electron chi connectivity index (χ1n) is 16.2. The third-order valence-corrected chi connectivity index (χ3v) is 10.7. The van der Waals surface area contributed by atoms with E-state index in [0.29, 0.717) is 0 Å². The number of rotatable bonds is 15. The molecule has 0 heterocycles. The van der Waals surface area contributed by atoms with Crippen LogP contribution in [0.2, 0.25) is 0 Å². The molecule has 0 aromatic heterocycles. The van der Waals surface area contributed by atoms with Gasteiger partial charge in [0, 0.05) is 0 Å². The summed E-state index contributed by atoms with van der Waals surface area (Å²) in [5.74, 6) is 4.34. The average molecular weight is 459 g/mol. The summed E-state index contributed by atoms with van der Waals surface area (Å²) in [6.07, 6.45) is 39.8. The van der Waals surface area contributed by atoms with Gasteiger partial charge in [0.15, 0.2) is 0 Å². The summed E-state index contributed by atoms with van der Waals surface area (Å²) < 4.78 is 0. The van der Waals surface area contributed by atoms with Gasteiger partial charge in [-0.15, -0.1) is 0 Å². The topological polar surface area (TPSA) is 0 Å². The Hall–Kier alpha value is 0. The summed E-state index contributed by atoms with van der Waals surface area (Å²) in [7, 11) is 0. The minimum atomic E-state index is 0.762. The predicted octanol–water partition coefficient (Wildman–Crippen LogP) is 11.7. The molecule has 0 heteroatoms. The molecule has 0 bridgehead atoms. The quantitative estimate of drug-likeness (QED) is 0.214. The van der Waals surface area contributed by atoms with E-state index in [9.17, 15) is 0 Å². The molecule has 0 amide bonds. The highest BCUT2D eigenvalue weighted by Gasteiger charge is 2.32. The zero-order valence-corrected chi connectivity index (χ0v) is 23.2. The lowest BCUT2D eigenvalue weighted by Gasteiger charge is -2.40. The van der Waals surface area contributed by atoms with Crippen molar-refractivity contribution in [1.82, 2.24) is 0 Å². The van der Waals surface area contributed by atoms with Crippen LogP contribution in [0.1, 0.15) is 181 Å². The zero-order valence-electron chi connectivity index (χ0n) is 23.2. The SMILES string of the molecule is CCCCCCC1(CCC2CCC(CCC3CCC(CCCCC)CC3)CC2)CCCCC1. The van der Waals surface area contributed by atoms with Crippen LogP contribution in [0.15, 0.2) is 0 Å². The molecule has 0 nitrogen and oxygen atoms in total. The maximum absolute atomic E-state index is 2.35. The second-order valence-corrected chi connectivity index (χ2v) is 13.3. The summed E-state index contributed by atoms with van der Waals surface area (Å²) in [6, 6.07) is 0. The Morgan fingerprint density at radius 1 is 0.455 bits per heavy atom. The number of hydrogen-bond acceptors (Lipinski definition) is 0. The maximum Gasteiger partial charge on any atom is -0.0297 e. The molecule has 0 unspecified atom stereocenters. The van der Waals surface area contributed by atoms with Gasteiger partial charge >= 0.3 is 0 Å². The van der Waals surface area contributed by atoms with E-state index in [1.807, 2.05) is 0 Å². The molecule has 3 aliphatic carbocycles. The summed E-state index contributed by atoms with van der Waals surface area (Å²) in [5.41, 5.74) is 0.762. The van der Waals surface area contributed by atoms with Crippen LogP contribution in [0, 0.1) is 29.1 Å². The first-order valence-corrected chi connectivity index (χ1v) is 16.2. The van der Waals surface area contributed by atoms with Crippen molar-refractivity contribution in [2.45, 2.75) is 181 Å². The van der Waals surface area contributed by atoms with E-state index in [1.165, 1.54) is 70.6 Å². The van der Waals surface area contributed by atoms with Gasteiger partial charge in [0.1, 0.15) is 0 Å². The standard InChI is InChI=1S/C33H62/c1-3-5-7-10-25-33(26-11-8-12-27-33)28-24-32-22-20-31(21-23-32)19-18-30-16-14-29(15-17-30)13-9-6-4-2/h29-32H,3-28H2,1-2H3. The Bertz CT molecular complexity index is 456. The first kappa shape index (κ1) is 27.6. The molecular weight excluding hydrogens is 396 g/mol. The van der Waals surface area contributed by atoms with E-state index in [0.717, 1.165) is 29.1 Å². The lowest BCUT2D eigenvalue weighted by atomic mass is 9.66. The van der Waals surface area contributed by atoms with Crippen molar-refractivity contribution in [2.24, 2.45) is 29.1 Å². The van der Waals surface area contributed by atoms with Gasteiger partial charge < -0.3 is 0 Å². The summed E-state index contributed by atoms with van der Waals surface area (Å²) in [5, 5.41) is 0. The molecule has 0 aliphatic heterocycles. The highest BCUT2D eigenvalue weighted by Crippen LogP contribution is 2.47. The molecule has 3 fully saturated rings. The van der Waals surface area contributed by atoms with Gasteiger partial charge in [-0.2, -0.15) is 0 Å². The Morgan fingerprint density at radius 2 is 0.939 bits per heavy atom. The third kappa shape index (κ3) is 10.3. The second kappa shape index (κ2) is 15.9. The van der Waals surface area contributed by atoms with E-state index in [4.69, 9.17) is 0 Å². The first-order chi connectivity index (χ1) is 16.2. The molecule has 0 atom stereocenters. The molecule has 0 aromatic carbocycles. The van der Waals surface area contributed by atoms with E-state index in [1.54, 1.807) is 96.3 Å². The number of unbranched alkanes of at least 4 members (excludes halogenated alkanes) is 5. The van der Waals surface area contributed by atoms with E-state index >= 15 is 0 Å². The fraction of sp³-hybridized carbons (Fsp3) is 1.00. The smallest absolute Gasteiger partial charge is 0.0297 e. The minimum absolute atomic E-state index is 0.762. The van der Waals surface area contributed by atoms with Crippen LogP contribution in [0.4, 0.5) is 0 Å². The summed E-state index contributed by atoms with van der Waals surface area (Å²) in [4.78, 5) is 0. The highest BCUT2D eigenvalue weighted by atomic mass is 14.4. The molecule has 33 heavy (non-hydrogen) atoms. The van der Waals surface area contributed by atoms with Gasteiger partial charge in [-0.25, -0.2) is 0 Å². The molecule has 3 rings (SSSR count). The second-order valence-electron chi connectivity index (χ2n) is 13.3. The molecule has 0 aromatic rings. The molecule has 3 aliphatic rings. The Labute approximate surface area is 209 Å². The van der Waals surface area contributed by atoms with Crippen molar-refractivity contribution in [3.8, 4) is 0 Å². The highest BCUT2D eigenvalue weighted by molar-refractivity contribution is 4.85. The third-order valence-electron chi connectivity index (χ3n) is 10.7. The normalized spacial score (nSPS) is 30.4. The van der Waals surface area contributed by atoms with Gasteiger partial charge in [0.05, 0.1) is 0 Å². The molecular formula is C33H62. The van der Waals surface area contributed by atoms with E-state index < -0.39 is 0 Å². The molecule has 0 saturated heterocycles. The molecule has 194 valence electrons. The zero-order chi connectivity index (χ0) is 23.2. The fourth-order valence-corrected chi connectivity index (χ4v) is 8.14. The lowest BCUT2D eigenvalue weighted by molar-refractivity contribution is 0.127. The summed E-state index contributed by atoms with van der Waals surface area (Å²) >= 11 is 0. The lowest BCUT2D eigenvalue weighted by Crippen LogP contribution is -2.26. The molecule has 0 spiro atoms. The van der Waals surface area contributed by atoms with Crippen molar-refractivity contribution in [3.05, 3.63) is 0 Å². The van der Waals surface area contributed by atoms with Crippen molar-refractivity contribution in [2.75, 3.05) is 0 Å². The Balaban J connectivity index is 1.27. The minimum Gasteiger partial charge on any atom is -0.0654 e. The van der Waals surface area contributed by atoms with Crippen LogP contribution < -0.4 is 0 Å². The van der Waals surface area contributed by atoms with Gasteiger partial charge in [-0.3, -0.25) is 0 Å². The van der Waals surface area contributed by atoms with Crippen LogP contribution in [0.25, 0.3) is 0 Å². The van der Waals surface area contributed by atoms with Gasteiger partial charge in [0.25, 0.3) is 0 Å². The summed E-state index contributed by atoms with van der Waals surface area (Å²) in [6.45, 7) is 4.69. The van der Waals surface area contributed by atoms with Crippen molar-refractivity contribution >= 4 is 0 Å². The Morgan fingerprint density at radius 3 is 1.48 bits per heavy atom. The monoisotopic (exact) mass is 458 g/mol. The van der Waals surface area contributed by atoms with Crippen molar-refractivity contribution in [1.29, 1.82) is 0 Å². The maximum atomic E-state index is 2.35. The van der Waals surface area contributed by atoms with Crippen molar-refractivity contribution < 1.29 is 0 Å². The van der Waals surface area contributed by atoms with Gasteiger partial charge in [-0.05, 0) is 61.2 Å². The van der Waals surface area contributed by atoms with Crippen LogP contribution >= 0.6 is 0 Å². The fourth-order valence-electron chi connectivity index (χ4n) is 8.14. The van der Waals surface area contributed by atoms with Gasteiger partial charge in [0.2, 0.25) is 0 Å². The van der Waals surface area contributed by atoms with E-state index in [-0.39, 0.29) is 0 Å². The van der Waals surface area contributed by atoms with Crippen LogP contribution in [0.3, 0.4) is 0 Å².